The number of carbonyl (C=O) groups excluding carboxylic acids is 1. The van der Waals surface area contributed by atoms with Gasteiger partial charge in [0.1, 0.15) is 0 Å². The molecule has 0 spiro atoms. The van der Waals surface area contributed by atoms with E-state index in [0.29, 0.717) is 35.0 Å². The van der Waals surface area contributed by atoms with Crippen molar-refractivity contribution in [3.05, 3.63) is 58.1 Å². The van der Waals surface area contributed by atoms with Crippen LogP contribution in [0, 0.1) is 5.92 Å². The third-order valence-corrected chi connectivity index (χ3v) is 8.87. The molecular formula is C24H29Cl2N3O3S. The highest BCUT2D eigenvalue weighted by Gasteiger charge is 2.33. The lowest BCUT2D eigenvalue weighted by atomic mass is 9.98. The van der Waals surface area contributed by atoms with Crippen molar-refractivity contribution in [1.82, 2.24) is 4.31 Å². The normalized spacial score (nSPS) is 19.9. The molecule has 0 saturated carbocycles. The third kappa shape index (κ3) is 6.01. The van der Waals surface area contributed by atoms with Gasteiger partial charge in [-0.3, -0.25) is 4.79 Å². The maximum Gasteiger partial charge on any atom is 0.228 e. The van der Waals surface area contributed by atoms with Gasteiger partial charge in [-0.25, -0.2) is 12.7 Å². The molecule has 0 radical (unpaired) electrons. The van der Waals surface area contributed by atoms with Crippen LogP contribution in [-0.4, -0.2) is 44.8 Å². The molecule has 2 aliphatic heterocycles. The zero-order valence-electron chi connectivity index (χ0n) is 18.5. The van der Waals surface area contributed by atoms with Crippen LogP contribution in [0.1, 0.15) is 37.7 Å². The summed E-state index contributed by atoms with van der Waals surface area (Å²) in [6.45, 7) is 2.68. The Kier molecular flexibility index (Phi) is 7.84. The van der Waals surface area contributed by atoms with Crippen molar-refractivity contribution in [2.75, 3.05) is 36.4 Å². The number of piperidine rings is 2. The van der Waals surface area contributed by atoms with Crippen molar-refractivity contribution >= 4 is 50.5 Å². The van der Waals surface area contributed by atoms with Gasteiger partial charge in [-0.1, -0.05) is 29.3 Å². The van der Waals surface area contributed by atoms with Crippen LogP contribution in [0.25, 0.3) is 0 Å². The van der Waals surface area contributed by atoms with Crippen LogP contribution in [0.4, 0.5) is 11.4 Å². The van der Waals surface area contributed by atoms with Gasteiger partial charge >= 0.3 is 0 Å². The molecular weight excluding hydrogens is 481 g/mol. The van der Waals surface area contributed by atoms with E-state index in [1.54, 1.807) is 18.2 Å². The second-order valence-electron chi connectivity index (χ2n) is 8.74. The molecule has 33 heavy (non-hydrogen) atoms. The first kappa shape index (κ1) is 24.3. The van der Waals surface area contributed by atoms with E-state index in [0.717, 1.165) is 18.8 Å². The summed E-state index contributed by atoms with van der Waals surface area (Å²) < 4.78 is 27.5. The van der Waals surface area contributed by atoms with Crippen molar-refractivity contribution in [3.63, 3.8) is 0 Å². The Morgan fingerprint density at radius 3 is 2.27 bits per heavy atom. The molecule has 0 bridgehead atoms. The second kappa shape index (κ2) is 10.6. The van der Waals surface area contributed by atoms with Gasteiger partial charge in [-0.05, 0) is 68.5 Å². The lowest BCUT2D eigenvalue weighted by Crippen LogP contribution is -2.44. The molecule has 6 nitrogen and oxygen atoms in total. The van der Waals surface area contributed by atoms with Crippen molar-refractivity contribution in [2.24, 2.45) is 5.92 Å². The Morgan fingerprint density at radius 2 is 1.61 bits per heavy atom. The maximum absolute atomic E-state index is 13.0. The van der Waals surface area contributed by atoms with E-state index in [4.69, 9.17) is 23.2 Å². The molecule has 0 aliphatic carbocycles. The summed E-state index contributed by atoms with van der Waals surface area (Å²) in [4.78, 5) is 15.3. The summed E-state index contributed by atoms with van der Waals surface area (Å²) in [7, 11) is -3.66. The van der Waals surface area contributed by atoms with Crippen molar-refractivity contribution in [2.45, 2.75) is 37.9 Å². The van der Waals surface area contributed by atoms with E-state index in [9.17, 15) is 13.2 Å². The van der Waals surface area contributed by atoms with E-state index >= 15 is 0 Å². The summed E-state index contributed by atoms with van der Waals surface area (Å²) in [6.07, 6.45) is 4.98. The molecule has 4 rings (SSSR count). The van der Waals surface area contributed by atoms with Gasteiger partial charge in [0.05, 0.1) is 11.7 Å². The highest BCUT2D eigenvalue weighted by Crippen LogP contribution is 2.29. The predicted molar refractivity (Wildman–Crippen MR) is 135 cm³/mol. The van der Waals surface area contributed by atoms with Gasteiger partial charge in [0.25, 0.3) is 0 Å². The van der Waals surface area contributed by atoms with Gasteiger partial charge < -0.3 is 10.2 Å². The topological polar surface area (TPSA) is 69.7 Å². The minimum Gasteiger partial charge on any atom is -0.372 e. The zero-order valence-corrected chi connectivity index (χ0v) is 20.8. The largest absolute Gasteiger partial charge is 0.372 e. The Hall–Kier alpha value is -1.80. The maximum atomic E-state index is 13.0. The number of hydrogen-bond donors (Lipinski definition) is 1. The fourth-order valence-electron chi connectivity index (χ4n) is 4.51. The Morgan fingerprint density at radius 1 is 0.939 bits per heavy atom. The van der Waals surface area contributed by atoms with Crippen LogP contribution >= 0.6 is 23.2 Å². The fraction of sp³-hybridized carbons (Fsp3) is 0.458. The molecule has 0 unspecified atom stereocenters. The van der Waals surface area contributed by atoms with E-state index in [1.165, 1.54) is 29.3 Å². The summed E-state index contributed by atoms with van der Waals surface area (Å²) in [5, 5.41) is 3.61. The number of nitrogens with one attached hydrogen (secondary N) is 1. The molecule has 1 atom stereocenters. The molecule has 2 saturated heterocycles. The number of halogens is 2. The van der Waals surface area contributed by atoms with Crippen LogP contribution < -0.4 is 10.2 Å². The Bertz CT molecular complexity index is 1070. The molecule has 2 aliphatic rings. The summed E-state index contributed by atoms with van der Waals surface area (Å²) in [6, 6.07) is 12.8. The molecule has 1 amide bonds. The third-order valence-electron chi connectivity index (χ3n) is 6.39. The molecule has 178 valence electrons. The lowest BCUT2D eigenvalue weighted by Gasteiger charge is -2.31. The number of sulfonamides is 1. The molecule has 2 fully saturated rings. The highest BCUT2D eigenvalue weighted by molar-refractivity contribution is 7.88. The van der Waals surface area contributed by atoms with Crippen LogP contribution in [-0.2, 0) is 20.6 Å². The standard InChI is InChI=1S/C24H29Cl2N3O3S/c25-22-7-4-8-23(26)21(22)17-33(31,32)29-15-5-6-18(16-29)24(30)27-19-9-11-20(12-10-19)28-13-2-1-3-14-28/h4,7-12,18H,1-3,5-6,13-17H2,(H,27,30)/t18-/m1/s1. The number of anilines is 2. The number of amides is 1. The monoisotopic (exact) mass is 509 g/mol. The average molecular weight is 510 g/mol. The summed E-state index contributed by atoms with van der Waals surface area (Å²) in [5.74, 6) is -0.842. The van der Waals surface area contributed by atoms with Gasteiger partial charge in [0.2, 0.25) is 15.9 Å². The first-order valence-electron chi connectivity index (χ1n) is 11.4. The van der Waals surface area contributed by atoms with Crippen molar-refractivity contribution in [3.8, 4) is 0 Å². The second-order valence-corrected chi connectivity index (χ2v) is 11.5. The van der Waals surface area contributed by atoms with Gasteiger partial charge in [-0.15, -0.1) is 0 Å². The highest BCUT2D eigenvalue weighted by atomic mass is 35.5. The Balaban J connectivity index is 1.38. The fourth-order valence-corrected chi connectivity index (χ4v) is 6.87. The predicted octanol–water partition coefficient (Wildman–Crippen LogP) is 5.16. The van der Waals surface area contributed by atoms with Crippen LogP contribution in [0.5, 0.6) is 0 Å². The average Bonchev–Trinajstić information content (AvgIpc) is 2.83. The van der Waals surface area contributed by atoms with Crippen LogP contribution in [0.3, 0.4) is 0 Å². The molecule has 2 heterocycles. The molecule has 1 N–H and O–H groups in total. The van der Waals surface area contributed by atoms with E-state index < -0.39 is 15.9 Å². The zero-order chi connectivity index (χ0) is 23.4. The summed E-state index contributed by atoms with van der Waals surface area (Å²) >= 11 is 12.3. The number of hydrogen-bond acceptors (Lipinski definition) is 4. The molecule has 0 aromatic heterocycles. The van der Waals surface area contributed by atoms with Crippen LogP contribution in [0.2, 0.25) is 10.0 Å². The first-order chi connectivity index (χ1) is 15.8. The van der Waals surface area contributed by atoms with E-state index in [1.807, 2.05) is 24.3 Å². The smallest absolute Gasteiger partial charge is 0.228 e. The Labute approximate surface area is 205 Å². The molecule has 2 aromatic carbocycles. The minimum atomic E-state index is -3.66. The van der Waals surface area contributed by atoms with Gasteiger partial charge in [-0.2, -0.15) is 0 Å². The SMILES string of the molecule is O=C(Nc1ccc(N2CCCCC2)cc1)[C@@H]1CCCN(S(=O)(=O)Cc2c(Cl)cccc2Cl)C1. The summed E-state index contributed by atoms with van der Waals surface area (Å²) in [5.41, 5.74) is 2.28. The quantitative estimate of drug-likeness (QED) is 0.583. The van der Waals surface area contributed by atoms with Gasteiger partial charge in [0.15, 0.2) is 0 Å². The van der Waals surface area contributed by atoms with E-state index in [2.05, 4.69) is 10.2 Å². The number of benzene rings is 2. The minimum absolute atomic E-state index is 0.155. The van der Waals surface area contributed by atoms with Gasteiger partial charge in [0, 0.05) is 53.2 Å². The lowest BCUT2D eigenvalue weighted by molar-refractivity contribution is -0.120. The van der Waals surface area contributed by atoms with E-state index in [-0.39, 0.29) is 18.2 Å². The molecule has 9 heteroatoms. The van der Waals surface area contributed by atoms with Crippen molar-refractivity contribution < 1.29 is 13.2 Å². The van der Waals surface area contributed by atoms with Crippen LogP contribution in [0.15, 0.2) is 42.5 Å². The first-order valence-corrected chi connectivity index (χ1v) is 13.8. The van der Waals surface area contributed by atoms with Crippen molar-refractivity contribution in [1.29, 1.82) is 0 Å². The number of rotatable bonds is 6. The number of carbonyl (C=O) groups is 1. The number of nitrogens with zero attached hydrogens (tertiary/aromatic N) is 2. The molecule has 2 aromatic rings.